The number of aliphatic imine (C=N–C) groups is 1. The van der Waals surface area contributed by atoms with E-state index in [1.165, 1.54) is 12.1 Å². The molecule has 2 atom stereocenters. The van der Waals surface area contributed by atoms with Crippen molar-refractivity contribution in [3.05, 3.63) is 34.6 Å². The van der Waals surface area contributed by atoms with Gasteiger partial charge >= 0.3 is 6.18 Å². The van der Waals surface area contributed by atoms with Crippen molar-refractivity contribution in [3.63, 3.8) is 0 Å². The number of amides is 1. The molecule has 2 unspecified atom stereocenters. The van der Waals surface area contributed by atoms with Crippen molar-refractivity contribution in [2.24, 2.45) is 16.5 Å². The Bertz CT molecular complexity index is 651. The molecule has 0 aliphatic rings. The van der Waals surface area contributed by atoms with E-state index in [2.05, 4.69) is 15.6 Å². The van der Waals surface area contributed by atoms with Gasteiger partial charge in [-0.05, 0) is 31.5 Å². The lowest BCUT2D eigenvalue weighted by molar-refractivity contribution is -0.132. The topological polar surface area (TPSA) is 106 Å². The molecule has 0 aromatic heterocycles. The summed E-state index contributed by atoms with van der Waals surface area (Å²) in [4.78, 5) is 15.8. The number of nitrogens with one attached hydrogen (secondary N) is 2. The molecular formula is C15H20ClF4N5O. The van der Waals surface area contributed by atoms with Gasteiger partial charge in [0.1, 0.15) is 5.82 Å². The number of nitrogens with two attached hydrogens (primary N) is 2. The second-order valence-electron chi connectivity index (χ2n) is 5.65. The molecule has 0 bridgehead atoms. The summed E-state index contributed by atoms with van der Waals surface area (Å²) in [5.41, 5.74) is 11.2. The fraction of sp³-hybridized carbons (Fsp3) is 0.467. The van der Waals surface area contributed by atoms with Crippen molar-refractivity contribution in [1.29, 1.82) is 0 Å². The summed E-state index contributed by atoms with van der Waals surface area (Å²) in [6, 6.07) is 3.01. The molecule has 0 saturated heterocycles. The fourth-order valence-electron chi connectivity index (χ4n) is 1.88. The van der Waals surface area contributed by atoms with Crippen LogP contribution in [0.4, 0.5) is 17.6 Å². The maximum Gasteiger partial charge on any atom is 0.390 e. The molecule has 11 heteroatoms. The Balaban J connectivity index is 2.90. The van der Waals surface area contributed by atoms with Gasteiger partial charge in [-0.3, -0.25) is 4.79 Å². The van der Waals surface area contributed by atoms with Crippen molar-refractivity contribution in [3.8, 4) is 0 Å². The lowest BCUT2D eigenvalue weighted by atomic mass is 10.2. The zero-order chi connectivity index (χ0) is 19.9. The van der Waals surface area contributed by atoms with Crippen molar-refractivity contribution in [2.45, 2.75) is 38.1 Å². The summed E-state index contributed by atoms with van der Waals surface area (Å²) in [5.74, 6) is -1.96. The SMILES string of the molecule is CC(N)CC(N)N/C(=N\C(=O)c1ccc(Cl)c(F)c1)NCCC(F)(F)F. The van der Waals surface area contributed by atoms with Gasteiger partial charge in [-0.25, -0.2) is 4.39 Å². The number of hydrogen-bond acceptors (Lipinski definition) is 3. The lowest BCUT2D eigenvalue weighted by Crippen LogP contribution is -2.50. The van der Waals surface area contributed by atoms with E-state index in [1.807, 2.05) is 0 Å². The van der Waals surface area contributed by atoms with Crippen molar-refractivity contribution < 1.29 is 22.4 Å². The van der Waals surface area contributed by atoms with E-state index in [-0.39, 0.29) is 29.0 Å². The van der Waals surface area contributed by atoms with Crippen LogP contribution in [0, 0.1) is 5.82 Å². The highest BCUT2D eigenvalue weighted by Gasteiger charge is 2.26. The Morgan fingerprint density at radius 3 is 2.54 bits per heavy atom. The number of hydrogen-bond donors (Lipinski definition) is 4. The van der Waals surface area contributed by atoms with E-state index >= 15 is 0 Å². The Morgan fingerprint density at radius 2 is 2.00 bits per heavy atom. The predicted octanol–water partition coefficient (Wildman–Crippen LogP) is 2.13. The molecule has 26 heavy (non-hydrogen) atoms. The number of benzene rings is 1. The van der Waals surface area contributed by atoms with Crippen LogP contribution in [0.25, 0.3) is 0 Å². The van der Waals surface area contributed by atoms with Gasteiger partial charge < -0.3 is 22.1 Å². The van der Waals surface area contributed by atoms with Gasteiger partial charge in [0.15, 0.2) is 0 Å². The first kappa shape index (κ1) is 22.1. The van der Waals surface area contributed by atoms with E-state index in [9.17, 15) is 22.4 Å². The highest BCUT2D eigenvalue weighted by atomic mass is 35.5. The van der Waals surface area contributed by atoms with E-state index in [0.717, 1.165) is 6.07 Å². The van der Waals surface area contributed by atoms with Crippen LogP contribution in [0.5, 0.6) is 0 Å². The molecule has 0 aliphatic carbocycles. The number of carbonyl (C=O) groups is 1. The molecule has 6 N–H and O–H groups in total. The first-order valence-corrected chi connectivity index (χ1v) is 8.02. The van der Waals surface area contributed by atoms with Gasteiger partial charge in [-0.15, -0.1) is 0 Å². The summed E-state index contributed by atoms with van der Waals surface area (Å²) in [7, 11) is 0. The Kier molecular flexibility index (Phi) is 8.25. The van der Waals surface area contributed by atoms with Crippen LogP contribution < -0.4 is 22.1 Å². The minimum atomic E-state index is -4.38. The highest BCUT2D eigenvalue weighted by molar-refractivity contribution is 6.30. The fourth-order valence-corrected chi connectivity index (χ4v) is 1.99. The molecule has 1 rings (SSSR count). The number of halogens is 5. The Hall–Kier alpha value is -1.91. The van der Waals surface area contributed by atoms with Crippen LogP contribution in [0.2, 0.25) is 5.02 Å². The standard InChI is InChI=1S/C15H20ClF4N5O/c1-8(21)6-12(22)24-14(23-5-4-15(18,19)20)25-13(26)9-2-3-10(16)11(17)7-9/h2-3,7-8,12H,4-6,21-22H2,1H3,(H2,23,24,25,26). The molecule has 0 spiro atoms. The van der Waals surface area contributed by atoms with Crippen LogP contribution in [-0.4, -0.2) is 36.8 Å². The first-order valence-electron chi connectivity index (χ1n) is 7.64. The molecule has 1 amide bonds. The number of guanidine groups is 1. The molecule has 1 aromatic carbocycles. The molecule has 0 radical (unpaired) electrons. The van der Waals surface area contributed by atoms with Crippen LogP contribution in [-0.2, 0) is 0 Å². The van der Waals surface area contributed by atoms with Gasteiger partial charge in [-0.2, -0.15) is 18.2 Å². The van der Waals surface area contributed by atoms with Crippen LogP contribution in [0.1, 0.15) is 30.1 Å². The smallest absolute Gasteiger partial charge is 0.356 e. The number of rotatable bonds is 6. The zero-order valence-electron chi connectivity index (χ0n) is 13.9. The molecule has 1 aromatic rings. The van der Waals surface area contributed by atoms with E-state index in [1.54, 1.807) is 6.92 Å². The number of alkyl halides is 3. The lowest BCUT2D eigenvalue weighted by Gasteiger charge is -2.19. The van der Waals surface area contributed by atoms with Crippen LogP contribution in [0.15, 0.2) is 23.2 Å². The van der Waals surface area contributed by atoms with E-state index < -0.39 is 37.0 Å². The van der Waals surface area contributed by atoms with Gasteiger partial charge in [0, 0.05) is 18.2 Å². The van der Waals surface area contributed by atoms with Crippen LogP contribution >= 0.6 is 11.6 Å². The minimum absolute atomic E-state index is 0.121. The highest BCUT2D eigenvalue weighted by Crippen LogP contribution is 2.18. The minimum Gasteiger partial charge on any atom is -0.356 e. The first-order chi connectivity index (χ1) is 12.0. The van der Waals surface area contributed by atoms with Crippen molar-refractivity contribution in [2.75, 3.05) is 6.54 Å². The molecule has 146 valence electrons. The third-order valence-electron chi connectivity index (χ3n) is 3.03. The van der Waals surface area contributed by atoms with Crippen molar-refractivity contribution in [1.82, 2.24) is 10.6 Å². The Labute approximate surface area is 153 Å². The average molecular weight is 398 g/mol. The monoisotopic (exact) mass is 397 g/mol. The summed E-state index contributed by atoms with van der Waals surface area (Å²) in [6.45, 7) is 1.17. The summed E-state index contributed by atoms with van der Waals surface area (Å²) < 4.78 is 50.3. The largest absolute Gasteiger partial charge is 0.390 e. The summed E-state index contributed by atoms with van der Waals surface area (Å²) in [5, 5.41) is 4.78. The second-order valence-corrected chi connectivity index (χ2v) is 6.06. The molecule has 6 nitrogen and oxygen atoms in total. The van der Waals surface area contributed by atoms with Gasteiger partial charge in [-0.1, -0.05) is 11.6 Å². The van der Waals surface area contributed by atoms with Crippen molar-refractivity contribution >= 4 is 23.5 Å². The number of carbonyl (C=O) groups excluding carboxylic acids is 1. The normalized spacial score (nSPS) is 14.7. The zero-order valence-corrected chi connectivity index (χ0v) is 14.7. The van der Waals surface area contributed by atoms with Gasteiger partial charge in [0.25, 0.3) is 5.91 Å². The molecule has 0 saturated carbocycles. The van der Waals surface area contributed by atoms with E-state index in [4.69, 9.17) is 23.1 Å². The second kappa shape index (κ2) is 9.70. The van der Waals surface area contributed by atoms with Gasteiger partial charge in [0.05, 0.1) is 17.6 Å². The maximum absolute atomic E-state index is 13.4. The quantitative estimate of drug-likeness (QED) is 0.255. The van der Waals surface area contributed by atoms with Gasteiger partial charge in [0.2, 0.25) is 5.96 Å². The summed E-state index contributed by atoms with van der Waals surface area (Å²) >= 11 is 5.54. The number of nitrogens with zero attached hydrogens (tertiary/aromatic N) is 1. The third kappa shape index (κ3) is 8.45. The van der Waals surface area contributed by atoms with E-state index in [0.29, 0.717) is 0 Å². The third-order valence-corrected chi connectivity index (χ3v) is 3.34. The predicted molar refractivity (Wildman–Crippen MR) is 91.2 cm³/mol. The molecule has 0 fully saturated rings. The molecule has 0 aliphatic heterocycles. The molecule has 0 heterocycles. The summed E-state index contributed by atoms with van der Waals surface area (Å²) in [6.07, 6.45) is -5.99. The Morgan fingerprint density at radius 1 is 1.35 bits per heavy atom. The van der Waals surface area contributed by atoms with Crippen LogP contribution in [0.3, 0.4) is 0 Å². The maximum atomic E-state index is 13.4. The molecular weight excluding hydrogens is 378 g/mol. The average Bonchev–Trinajstić information content (AvgIpc) is 2.47.